The molecular weight excluding hydrogens is 328 g/mol. The Morgan fingerprint density at radius 1 is 1.37 bits per heavy atom. The van der Waals surface area contributed by atoms with Gasteiger partial charge in [-0.05, 0) is 40.7 Å². The zero-order valence-electron chi connectivity index (χ0n) is 10.4. The fourth-order valence-corrected chi connectivity index (χ4v) is 2.23. The molecule has 0 bridgehead atoms. The molecule has 0 aliphatic heterocycles. The highest BCUT2D eigenvalue weighted by atomic mass is 79.9. The summed E-state index contributed by atoms with van der Waals surface area (Å²) < 4.78 is 0.934. The summed E-state index contributed by atoms with van der Waals surface area (Å²) in [4.78, 5) is 8.50. The number of nitrogen functional groups attached to an aromatic ring is 1. The van der Waals surface area contributed by atoms with Crippen molar-refractivity contribution in [2.24, 2.45) is 0 Å². The van der Waals surface area contributed by atoms with E-state index in [4.69, 9.17) is 17.3 Å². The van der Waals surface area contributed by atoms with Crippen LogP contribution in [0.25, 0.3) is 0 Å². The van der Waals surface area contributed by atoms with Crippen LogP contribution in [0.1, 0.15) is 24.2 Å². The summed E-state index contributed by atoms with van der Waals surface area (Å²) >= 11 is 9.37. The van der Waals surface area contributed by atoms with Crippen molar-refractivity contribution in [3.8, 4) is 0 Å². The van der Waals surface area contributed by atoms with Crippen molar-refractivity contribution in [2.75, 3.05) is 12.3 Å². The number of pyridine rings is 2. The van der Waals surface area contributed by atoms with E-state index in [-0.39, 0.29) is 6.04 Å². The summed E-state index contributed by atoms with van der Waals surface area (Å²) in [5, 5.41) is 3.91. The summed E-state index contributed by atoms with van der Waals surface area (Å²) in [7, 11) is 0. The predicted octanol–water partition coefficient (Wildman–Crippen LogP) is 3.17. The van der Waals surface area contributed by atoms with Gasteiger partial charge in [0.1, 0.15) is 5.82 Å². The lowest BCUT2D eigenvalue weighted by Gasteiger charge is -2.19. The topological polar surface area (TPSA) is 63.8 Å². The Kier molecular flexibility index (Phi) is 4.74. The normalized spacial score (nSPS) is 12.4. The van der Waals surface area contributed by atoms with Crippen LogP contribution >= 0.6 is 27.5 Å². The van der Waals surface area contributed by atoms with Gasteiger partial charge in [0.05, 0.1) is 16.8 Å². The number of halogens is 2. The third-order valence-electron chi connectivity index (χ3n) is 2.68. The molecule has 2 heterocycles. The number of rotatable bonds is 4. The molecule has 0 saturated heterocycles. The Balaban J connectivity index is 2.44. The Labute approximate surface area is 125 Å². The van der Waals surface area contributed by atoms with Gasteiger partial charge >= 0.3 is 0 Å². The van der Waals surface area contributed by atoms with Crippen LogP contribution < -0.4 is 11.1 Å². The number of aromatic nitrogens is 2. The molecule has 0 spiro atoms. The van der Waals surface area contributed by atoms with Crippen molar-refractivity contribution in [2.45, 2.75) is 13.0 Å². The van der Waals surface area contributed by atoms with Crippen molar-refractivity contribution >= 4 is 33.3 Å². The maximum atomic E-state index is 6.00. The molecule has 0 aromatic carbocycles. The van der Waals surface area contributed by atoms with Crippen molar-refractivity contribution in [1.82, 2.24) is 15.3 Å². The number of anilines is 1. The first-order chi connectivity index (χ1) is 9.11. The first-order valence-corrected chi connectivity index (χ1v) is 7.04. The van der Waals surface area contributed by atoms with E-state index >= 15 is 0 Å². The Hall–Kier alpha value is -1.17. The molecule has 0 radical (unpaired) electrons. The highest BCUT2D eigenvalue weighted by Gasteiger charge is 2.18. The Morgan fingerprint density at radius 3 is 2.79 bits per heavy atom. The minimum Gasteiger partial charge on any atom is -0.383 e. The largest absolute Gasteiger partial charge is 0.383 e. The van der Waals surface area contributed by atoms with E-state index < -0.39 is 0 Å². The van der Waals surface area contributed by atoms with Crippen LogP contribution in [0.3, 0.4) is 0 Å². The molecule has 2 aromatic rings. The third kappa shape index (κ3) is 3.43. The molecule has 2 aromatic heterocycles. The van der Waals surface area contributed by atoms with E-state index in [1.54, 1.807) is 12.4 Å². The summed E-state index contributed by atoms with van der Waals surface area (Å²) in [5.74, 6) is 0.458. The van der Waals surface area contributed by atoms with Crippen LogP contribution in [0.2, 0.25) is 5.02 Å². The summed E-state index contributed by atoms with van der Waals surface area (Å²) in [6.45, 7) is 2.81. The van der Waals surface area contributed by atoms with E-state index in [2.05, 4.69) is 31.2 Å². The van der Waals surface area contributed by atoms with Crippen LogP contribution in [-0.2, 0) is 0 Å². The third-order valence-corrected chi connectivity index (χ3v) is 3.36. The monoisotopic (exact) mass is 340 g/mol. The minimum absolute atomic E-state index is 0.121. The van der Waals surface area contributed by atoms with Gasteiger partial charge in [-0.25, -0.2) is 4.98 Å². The summed E-state index contributed by atoms with van der Waals surface area (Å²) in [6.07, 6.45) is 3.30. The first kappa shape index (κ1) is 14.2. The molecule has 1 atom stereocenters. The summed E-state index contributed by atoms with van der Waals surface area (Å²) in [5.41, 5.74) is 7.65. The van der Waals surface area contributed by atoms with E-state index in [9.17, 15) is 0 Å². The van der Waals surface area contributed by atoms with Gasteiger partial charge in [0.25, 0.3) is 0 Å². The second kappa shape index (κ2) is 6.32. The molecule has 0 aliphatic rings. The van der Waals surface area contributed by atoms with E-state index in [0.29, 0.717) is 10.8 Å². The zero-order valence-corrected chi connectivity index (χ0v) is 12.7. The van der Waals surface area contributed by atoms with Crippen LogP contribution in [0.15, 0.2) is 35.1 Å². The van der Waals surface area contributed by atoms with Crippen molar-refractivity contribution in [3.63, 3.8) is 0 Å². The standard InChI is InChI=1S/C13H14BrClN4/c1-2-17-12(11-4-3-8(14)6-18-11)10-5-9(15)7-19-13(10)16/h3-7,12,17H,2H2,1H3,(H2,16,19). The Bertz CT molecular complexity index is 559. The van der Waals surface area contributed by atoms with E-state index in [1.807, 2.05) is 25.1 Å². The second-order valence-corrected chi connectivity index (χ2v) is 5.37. The Morgan fingerprint density at radius 2 is 2.16 bits per heavy atom. The SMILES string of the molecule is CCNC(c1ccc(Br)cn1)c1cc(Cl)cnc1N. The predicted molar refractivity (Wildman–Crippen MR) is 81.1 cm³/mol. The van der Waals surface area contributed by atoms with Crippen LogP contribution in [-0.4, -0.2) is 16.5 Å². The van der Waals surface area contributed by atoms with Gasteiger partial charge in [-0.2, -0.15) is 0 Å². The number of nitrogens with zero attached hydrogens (tertiary/aromatic N) is 2. The fourth-order valence-electron chi connectivity index (χ4n) is 1.83. The van der Waals surface area contributed by atoms with Gasteiger partial charge in [0, 0.05) is 22.4 Å². The van der Waals surface area contributed by atoms with Gasteiger partial charge in [-0.15, -0.1) is 0 Å². The molecule has 0 amide bonds. The van der Waals surface area contributed by atoms with E-state index in [0.717, 1.165) is 22.3 Å². The average Bonchev–Trinajstić information content (AvgIpc) is 2.40. The molecule has 0 saturated carbocycles. The summed E-state index contributed by atoms with van der Waals surface area (Å²) in [6, 6.07) is 5.59. The molecule has 3 N–H and O–H groups in total. The van der Waals surface area contributed by atoms with Gasteiger partial charge in [-0.3, -0.25) is 4.98 Å². The maximum absolute atomic E-state index is 6.00. The van der Waals surface area contributed by atoms with Crippen LogP contribution in [0.4, 0.5) is 5.82 Å². The highest BCUT2D eigenvalue weighted by molar-refractivity contribution is 9.10. The zero-order chi connectivity index (χ0) is 13.8. The number of nitrogens with two attached hydrogens (primary N) is 1. The van der Waals surface area contributed by atoms with E-state index in [1.165, 1.54) is 0 Å². The molecule has 0 fully saturated rings. The molecule has 100 valence electrons. The number of hydrogen-bond acceptors (Lipinski definition) is 4. The highest BCUT2D eigenvalue weighted by Crippen LogP contribution is 2.27. The molecule has 19 heavy (non-hydrogen) atoms. The smallest absolute Gasteiger partial charge is 0.128 e. The number of nitrogens with one attached hydrogen (secondary N) is 1. The lowest BCUT2D eigenvalue weighted by molar-refractivity contribution is 0.615. The quantitative estimate of drug-likeness (QED) is 0.896. The molecule has 6 heteroatoms. The average molecular weight is 342 g/mol. The fraction of sp³-hybridized carbons (Fsp3) is 0.231. The molecule has 1 unspecified atom stereocenters. The van der Waals surface area contributed by atoms with Crippen LogP contribution in [0.5, 0.6) is 0 Å². The molecular formula is C13H14BrClN4. The van der Waals surface area contributed by atoms with Crippen molar-refractivity contribution < 1.29 is 0 Å². The lowest BCUT2D eigenvalue weighted by Crippen LogP contribution is -2.24. The molecule has 2 rings (SSSR count). The van der Waals surface area contributed by atoms with Crippen LogP contribution in [0, 0.1) is 0 Å². The van der Waals surface area contributed by atoms with Gasteiger partial charge < -0.3 is 11.1 Å². The lowest BCUT2D eigenvalue weighted by atomic mass is 10.0. The van der Waals surface area contributed by atoms with Gasteiger partial charge in [0.15, 0.2) is 0 Å². The van der Waals surface area contributed by atoms with Gasteiger partial charge in [0.2, 0.25) is 0 Å². The minimum atomic E-state index is -0.121. The molecule has 0 aliphatic carbocycles. The van der Waals surface area contributed by atoms with Crippen molar-refractivity contribution in [1.29, 1.82) is 0 Å². The van der Waals surface area contributed by atoms with Crippen molar-refractivity contribution in [3.05, 3.63) is 51.3 Å². The molecule has 4 nitrogen and oxygen atoms in total. The van der Waals surface area contributed by atoms with Gasteiger partial charge in [-0.1, -0.05) is 18.5 Å². The second-order valence-electron chi connectivity index (χ2n) is 4.02. The first-order valence-electron chi connectivity index (χ1n) is 5.87. The maximum Gasteiger partial charge on any atom is 0.128 e. The number of hydrogen-bond donors (Lipinski definition) is 2.